The number of rotatable bonds is 5. The van der Waals surface area contributed by atoms with Crippen LogP contribution in [0.15, 0.2) is 68.7 Å². The van der Waals surface area contributed by atoms with Crippen LogP contribution in [0.2, 0.25) is 0 Å². The van der Waals surface area contributed by atoms with Gasteiger partial charge in [0.05, 0.1) is 11.3 Å². The van der Waals surface area contributed by atoms with Gasteiger partial charge in [-0.1, -0.05) is 12.1 Å². The number of benzene rings is 2. The molecule has 122 valence electrons. The molecule has 0 saturated heterocycles. The molecule has 1 heterocycles. The Morgan fingerprint density at radius 3 is 2.79 bits per heavy atom. The molecule has 0 saturated carbocycles. The van der Waals surface area contributed by atoms with Gasteiger partial charge in [0.25, 0.3) is 5.91 Å². The normalized spacial score (nSPS) is 10.6. The summed E-state index contributed by atoms with van der Waals surface area (Å²) in [5.41, 5.74) is 2.40. The Kier molecular flexibility index (Phi) is 5.71. The van der Waals surface area contributed by atoms with Crippen LogP contribution in [0.4, 0.5) is 10.1 Å². The minimum absolute atomic E-state index is 0.273. The molecular weight excluding hydrogens is 409 g/mol. The second kappa shape index (κ2) is 7.96. The zero-order chi connectivity index (χ0) is 16.9. The van der Waals surface area contributed by atoms with Crippen molar-refractivity contribution >= 4 is 50.6 Å². The van der Waals surface area contributed by atoms with E-state index in [2.05, 4.69) is 38.1 Å². The van der Waals surface area contributed by atoms with Crippen LogP contribution in [0.5, 0.6) is 0 Å². The largest absolute Gasteiger partial charge is 0.321 e. The smallest absolute Gasteiger partial charge is 0.256 e. The van der Waals surface area contributed by atoms with Gasteiger partial charge in [-0.05, 0) is 68.7 Å². The van der Waals surface area contributed by atoms with E-state index in [1.54, 1.807) is 23.1 Å². The van der Waals surface area contributed by atoms with E-state index in [9.17, 15) is 9.18 Å². The summed E-state index contributed by atoms with van der Waals surface area (Å²) in [6.07, 6.45) is 0. The maximum absolute atomic E-state index is 13.2. The molecule has 0 aliphatic carbocycles. The van der Waals surface area contributed by atoms with Gasteiger partial charge in [0.1, 0.15) is 5.82 Å². The standard InChI is InChI=1S/C18H13BrFNOS2/c19-15-9-13(20)5-6-14(15)18(22)21-16-3-1-2-4-17(16)24-11-12-7-8-23-10-12/h1-10H,11H2,(H,21,22). The lowest BCUT2D eigenvalue weighted by atomic mass is 10.2. The molecule has 0 spiro atoms. The molecule has 0 unspecified atom stereocenters. The van der Waals surface area contributed by atoms with Crippen LogP contribution in [0.25, 0.3) is 0 Å². The first kappa shape index (κ1) is 17.2. The molecule has 3 aromatic rings. The maximum Gasteiger partial charge on any atom is 0.256 e. The fourth-order valence-corrected chi connectivity index (χ4v) is 4.35. The summed E-state index contributed by atoms with van der Waals surface area (Å²) < 4.78 is 13.6. The SMILES string of the molecule is O=C(Nc1ccccc1SCc1ccsc1)c1ccc(F)cc1Br. The number of anilines is 1. The summed E-state index contributed by atoms with van der Waals surface area (Å²) >= 11 is 6.57. The van der Waals surface area contributed by atoms with E-state index in [4.69, 9.17) is 0 Å². The quantitative estimate of drug-likeness (QED) is 0.497. The number of para-hydroxylation sites is 1. The first-order valence-corrected chi connectivity index (χ1v) is 9.85. The Hall–Kier alpha value is -1.63. The van der Waals surface area contributed by atoms with Crippen molar-refractivity contribution in [3.63, 3.8) is 0 Å². The van der Waals surface area contributed by atoms with Crippen molar-refractivity contribution in [3.05, 3.63) is 80.7 Å². The van der Waals surface area contributed by atoms with E-state index in [-0.39, 0.29) is 11.7 Å². The first-order chi connectivity index (χ1) is 11.6. The Balaban J connectivity index is 1.76. The topological polar surface area (TPSA) is 29.1 Å². The van der Waals surface area contributed by atoms with Crippen LogP contribution < -0.4 is 5.32 Å². The average molecular weight is 422 g/mol. The van der Waals surface area contributed by atoms with Crippen LogP contribution >= 0.6 is 39.0 Å². The minimum Gasteiger partial charge on any atom is -0.321 e. The van der Waals surface area contributed by atoms with Gasteiger partial charge in [-0.25, -0.2) is 4.39 Å². The zero-order valence-electron chi connectivity index (χ0n) is 12.5. The summed E-state index contributed by atoms with van der Waals surface area (Å²) in [7, 11) is 0. The highest BCUT2D eigenvalue weighted by atomic mass is 79.9. The van der Waals surface area contributed by atoms with Gasteiger partial charge in [-0.15, -0.1) is 11.8 Å². The van der Waals surface area contributed by atoms with Gasteiger partial charge >= 0.3 is 0 Å². The third-order valence-corrected chi connectivity index (χ3v) is 5.82. The predicted molar refractivity (Wildman–Crippen MR) is 102 cm³/mol. The van der Waals surface area contributed by atoms with Crippen molar-refractivity contribution in [3.8, 4) is 0 Å². The lowest BCUT2D eigenvalue weighted by Gasteiger charge is -2.11. The van der Waals surface area contributed by atoms with Crippen LogP contribution in [0, 0.1) is 5.82 Å². The molecule has 24 heavy (non-hydrogen) atoms. The van der Waals surface area contributed by atoms with Crippen LogP contribution in [-0.2, 0) is 5.75 Å². The second-order valence-electron chi connectivity index (χ2n) is 4.99. The van der Waals surface area contributed by atoms with Crippen molar-refractivity contribution in [2.24, 2.45) is 0 Å². The van der Waals surface area contributed by atoms with Crippen LogP contribution in [0.1, 0.15) is 15.9 Å². The molecule has 2 nitrogen and oxygen atoms in total. The molecule has 0 aliphatic heterocycles. The zero-order valence-corrected chi connectivity index (χ0v) is 15.7. The van der Waals surface area contributed by atoms with Gasteiger partial charge in [-0.3, -0.25) is 4.79 Å². The molecule has 0 aliphatic rings. The number of amides is 1. The molecule has 0 fully saturated rings. The number of nitrogens with one attached hydrogen (secondary N) is 1. The third-order valence-electron chi connectivity index (χ3n) is 3.29. The molecule has 0 radical (unpaired) electrons. The van der Waals surface area contributed by atoms with Gasteiger partial charge < -0.3 is 5.32 Å². The van der Waals surface area contributed by atoms with Crippen molar-refractivity contribution in [2.45, 2.75) is 10.6 Å². The van der Waals surface area contributed by atoms with E-state index in [0.29, 0.717) is 10.0 Å². The number of thioether (sulfide) groups is 1. The molecule has 3 rings (SSSR count). The van der Waals surface area contributed by atoms with E-state index in [1.807, 2.05) is 24.3 Å². The predicted octanol–water partition coefficient (Wildman–Crippen LogP) is 6.19. The lowest BCUT2D eigenvalue weighted by Crippen LogP contribution is -2.13. The molecule has 0 bridgehead atoms. The summed E-state index contributed by atoms with van der Waals surface area (Å²) in [6, 6.07) is 13.8. The molecule has 1 amide bonds. The van der Waals surface area contributed by atoms with Crippen molar-refractivity contribution in [2.75, 3.05) is 5.32 Å². The highest BCUT2D eigenvalue weighted by Crippen LogP contribution is 2.31. The number of thiophene rings is 1. The van der Waals surface area contributed by atoms with E-state index < -0.39 is 0 Å². The Labute approximate surface area is 156 Å². The fourth-order valence-electron chi connectivity index (χ4n) is 2.09. The average Bonchev–Trinajstić information content (AvgIpc) is 3.07. The molecule has 6 heteroatoms. The maximum atomic E-state index is 13.2. The van der Waals surface area contributed by atoms with Gasteiger partial charge in [0.2, 0.25) is 0 Å². The molecular formula is C18H13BrFNOS2. The lowest BCUT2D eigenvalue weighted by molar-refractivity contribution is 0.102. The van der Waals surface area contributed by atoms with E-state index in [1.165, 1.54) is 23.8 Å². The molecule has 1 N–H and O–H groups in total. The molecule has 1 aromatic heterocycles. The van der Waals surface area contributed by atoms with E-state index >= 15 is 0 Å². The highest BCUT2D eigenvalue weighted by molar-refractivity contribution is 9.10. The summed E-state index contributed by atoms with van der Waals surface area (Å²) in [6.45, 7) is 0. The van der Waals surface area contributed by atoms with Gasteiger partial charge in [0.15, 0.2) is 0 Å². The van der Waals surface area contributed by atoms with Gasteiger partial charge in [-0.2, -0.15) is 11.3 Å². The number of halogens is 2. The molecule has 0 atom stereocenters. The van der Waals surface area contributed by atoms with E-state index in [0.717, 1.165) is 16.3 Å². The second-order valence-corrected chi connectivity index (χ2v) is 7.65. The first-order valence-electron chi connectivity index (χ1n) is 7.13. The molecule has 2 aromatic carbocycles. The third kappa shape index (κ3) is 4.26. The minimum atomic E-state index is -0.384. The van der Waals surface area contributed by atoms with Crippen molar-refractivity contribution in [1.82, 2.24) is 0 Å². The van der Waals surface area contributed by atoms with Crippen LogP contribution in [-0.4, -0.2) is 5.91 Å². The van der Waals surface area contributed by atoms with Crippen LogP contribution in [0.3, 0.4) is 0 Å². The number of carbonyl (C=O) groups is 1. The Morgan fingerprint density at radius 2 is 2.04 bits per heavy atom. The fraction of sp³-hybridized carbons (Fsp3) is 0.0556. The van der Waals surface area contributed by atoms with Crippen molar-refractivity contribution < 1.29 is 9.18 Å². The number of hydrogen-bond donors (Lipinski definition) is 1. The summed E-state index contributed by atoms with van der Waals surface area (Å²) in [5, 5.41) is 7.07. The van der Waals surface area contributed by atoms with Crippen molar-refractivity contribution in [1.29, 1.82) is 0 Å². The number of hydrogen-bond acceptors (Lipinski definition) is 3. The summed E-state index contributed by atoms with van der Waals surface area (Å²) in [5.74, 6) is 0.187. The monoisotopic (exact) mass is 421 g/mol. The Morgan fingerprint density at radius 1 is 1.21 bits per heavy atom. The highest BCUT2D eigenvalue weighted by Gasteiger charge is 2.13. The van der Waals surface area contributed by atoms with Gasteiger partial charge in [0, 0.05) is 15.1 Å². The Bertz CT molecular complexity index is 852. The summed E-state index contributed by atoms with van der Waals surface area (Å²) in [4.78, 5) is 13.5. The number of carbonyl (C=O) groups excluding carboxylic acids is 1.